The van der Waals surface area contributed by atoms with Crippen LogP contribution in [0.3, 0.4) is 0 Å². The van der Waals surface area contributed by atoms with E-state index >= 15 is 0 Å². The van der Waals surface area contributed by atoms with Gasteiger partial charge >= 0.3 is 0 Å². The molecule has 1 aromatic heterocycles. The fraction of sp³-hybridized carbons (Fsp3) is 0.516. The Kier molecular flexibility index (Phi) is 9.15. The number of rotatable bonds is 11. The number of methoxy groups -OCH3 is 1. The topological polar surface area (TPSA) is 124 Å². The largest absolute Gasteiger partial charge is 0.497 e. The molecule has 224 valence electrons. The first-order valence-corrected chi connectivity index (χ1v) is 14.6. The van der Waals surface area contributed by atoms with Crippen molar-refractivity contribution < 1.29 is 23.5 Å². The predicted octanol–water partition coefficient (Wildman–Crippen LogP) is 2.62. The number of fused-ring (bicyclic) bond motifs is 1. The second-order valence-electron chi connectivity index (χ2n) is 11.5. The van der Waals surface area contributed by atoms with E-state index in [0.717, 1.165) is 27.9 Å². The molecule has 2 aliphatic rings. The van der Waals surface area contributed by atoms with Crippen molar-refractivity contribution in [1.82, 2.24) is 24.8 Å². The second-order valence-corrected chi connectivity index (χ2v) is 11.5. The van der Waals surface area contributed by atoms with Gasteiger partial charge in [0.1, 0.15) is 17.4 Å². The molecule has 0 spiro atoms. The molecule has 0 radical (unpaired) electrons. The molecule has 5 rings (SSSR count). The standard InChI is InChI=1S/C31H39FN6O4/c1-36-27-10-5-21(16-26(27)34-35-36)6-11-29(39)28-17-22(15-20-3-7-24(42-2)8-4-20)18-38(28)31(41)25(33)9-12-30(40)37-14-13-23(32)19-37/h3-5,7-8,10,16,22-23,25,28H,6,9,11-15,17-19,33H2,1-2H3/t22-,23+,25-,28+/m1/s1. The lowest BCUT2D eigenvalue weighted by molar-refractivity contribution is -0.139. The number of aromatic nitrogens is 3. The van der Waals surface area contributed by atoms with Gasteiger partial charge in [-0.25, -0.2) is 9.07 Å². The van der Waals surface area contributed by atoms with Gasteiger partial charge in [0, 0.05) is 33.0 Å². The van der Waals surface area contributed by atoms with E-state index in [9.17, 15) is 18.8 Å². The highest BCUT2D eigenvalue weighted by Crippen LogP contribution is 2.30. The van der Waals surface area contributed by atoms with Crippen LogP contribution in [0, 0.1) is 5.92 Å². The van der Waals surface area contributed by atoms with Gasteiger partial charge in [0.15, 0.2) is 5.78 Å². The molecule has 2 N–H and O–H groups in total. The third-order valence-electron chi connectivity index (χ3n) is 8.53. The summed E-state index contributed by atoms with van der Waals surface area (Å²) < 4.78 is 20.5. The zero-order chi connectivity index (χ0) is 29.8. The minimum atomic E-state index is -0.995. The fourth-order valence-corrected chi connectivity index (χ4v) is 6.11. The third-order valence-corrected chi connectivity index (χ3v) is 8.53. The Labute approximate surface area is 245 Å². The van der Waals surface area contributed by atoms with Crippen molar-refractivity contribution in [2.75, 3.05) is 26.7 Å². The summed E-state index contributed by atoms with van der Waals surface area (Å²) in [6.45, 7) is 0.911. The maximum Gasteiger partial charge on any atom is 0.240 e. The number of aryl methyl sites for hydroxylation is 2. The third kappa shape index (κ3) is 6.78. The molecule has 2 saturated heterocycles. The Morgan fingerprint density at radius 1 is 1.10 bits per heavy atom. The molecule has 2 amide bonds. The molecule has 3 aromatic rings. The van der Waals surface area contributed by atoms with E-state index in [1.165, 1.54) is 4.90 Å². The van der Waals surface area contributed by atoms with Crippen LogP contribution >= 0.6 is 0 Å². The van der Waals surface area contributed by atoms with Gasteiger partial charge in [-0.1, -0.05) is 23.4 Å². The van der Waals surface area contributed by atoms with Gasteiger partial charge in [-0.3, -0.25) is 14.4 Å². The van der Waals surface area contributed by atoms with Gasteiger partial charge in [-0.15, -0.1) is 5.10 Å². The Hall–Kier alpha value is -3.86. The van der Waals surface area contributed by atoms with Gasteiger partial charge in [0.2, 0.25) is 11.8 Å². The van der Waals surface area contributed by atoms with E-state index in [-0.39, 0.29) is 49.3 Å². The van der Waals surface area contributed by atoms with E-state index in [1.54, 1.807) is 16.7 Å². The summed E-state index contributed by atoms with van der Waals surface area (Å²) in [6.07, 6.45) is 1.66. The highest BCUT2D eigenvalue weighted by atomic mass is 19.1. The van der Waals surface area contributed by atoms with Crippen molar-refractivity contribution in [2.45, 2.75) is 63.2 Å². The molecule has 0 bridgehead atoms. The summed E-state index contributed by atoms with van der Waals surface area (Å²) in [5.41, 5.74) is 10.1. The molecular formula is C31H39FN6O4. The number of nitrogens with two attached hydrogens (primary N) is 1. The van der Waals surface area contributed by atoms with Crippen LogP contribution in [0.2, 0.25) is 0 Å². The molecule has 42 heavy (non-hydrogen) atoms. The quantitative estimate of drug-likeness (QED) is 0.371. The number of Topliss-reactive ketones (excluding diaryl/α,β-unsaturated/α-hetero) is 1. The molecule has 11 heteroatoms. The number of nitrogens with zero attached hydrogens (tertiary/aromatic N) is 5. The summed E-state index contributed by atoms with van der Waals surface area (Å²) >= 11 is 0. The predicted molar refractivity (Wildman–Crippen MR) is 155 cm³/mol. The molecule has 3 heterocycles. The average Bonchev–Trinajstić information content (AvgIpc) is 3.73. The van der Waals surface area contributed by atoms with E-state index in [0.29, 0.717) is 38.8 Å². The summed E-state index contributed by atoms with van der Waals surface area (Å²) in [5.74, 6) is 0.349. The molecule has 10 nitrogen and oxygen atoms in total. The minimum Gasteiger partial charge on any atom is -0.497 e. The summed E-state index contributed by atoms with van der Waals surface area (Å²) in [5, 5.41) is 8.21. The fourth-order valence-electron chi connectivity index (χ4n) is 6.11. The van der Waals surface area contributed by atoms with Crippen LogP contribution in [0.25, 0.3) is 11.0 Å². The van der Waals surface area contributed by atoms with Crippen LogP contribution in [0.15, 0.2) is 42.5 Å². The monoisotopic (exact) mass is 578 g/mol. The Bertz CT molecular complexity index is 1430. The van der Waals surface area contributed by atoms with Crippen LogP contribution in [-0.2, 0) is 34.3 Å². The van der Waals surface area contributed by atoms with Gasteiger partial charge < -0.3 is 20.3 Å². The van der Waals surface area contributed by atoms with E-state index in [1.807, 2.05) is 49.5 Å². The molecule has 0 unspecified atom stereocenters. The number of alkyl halides is 1. The Balaban J connectivity index is 1.24. The van der Waals surface area contributed by atoms with Crippen molar-refractivity contribution in [3.8, 4) is 5.75 Å². The number of hydrogen-bond donors (Lipinski definition) is 1. The molecule has 2 aromatic carbocycles. The number of ketones is 1. The molecule has 0 saturated carbocycles. The van der Waals surface area contributed by atoms with E-state index in [2.05, 4.69) is 10.3 Å². The van der Waals surface area contributed by atoms with Crippen molar-refractivity contribution in [2.24, 2.45) is 18.7 Å². The van der Waals surface area contributed by atoms with E-state index < -0.39 is 18.3 Å². The SMILES string of the molecule is COc1ccc(C[C@@H]2C[C@@H](C(=O)CCc3ccc4c(c3)nnn4C)N(C(=O)[C@H](N)CCC(=O)N3CC[C@H](F)C3)C2)cc1. The zero-order valence-corrected chi connectivity index (χ0v) is 24.2. The normalized spacial score (nSPS) is 21.2. The molecule has 0 aliphatic carbocycles. The smallest absolute Gasteiger partial charge is 0.240 e. The van der Waals surface area contributed by atoms with Crippen molar-refractivity contribution in [1.29, 1.82) is 0 Å². The number of carbonyl (C=O) groups excluding carboxylic acids is 3. The zero-order valence-electron chi connectivity index (χ0n) is 24.2. The number of ether oxygens (including phenoxy) is 1. The highest BCUT2D eigenvalue weighted by Gasteiger charge is 2.40. The number of amides is 2. The van der Waals surface area contributed by atoms with Crippen LogP contribution < -0.4 is 10.5 Å². The maximum atomic E-state index is 13.6. The number of likely N-dealkylation sites (tertiary alicyclic amines) is 2. The molecule has 4 atom stereocenters. The summed E-state index contributed by atoms with van der Waals surface area (Å²) in [6, 6.07) is 12.2. The lowest BCUT2D eigenvalue weighted by Crippen LogP contribution is -2.49. The number of carbonyl (C=O) groups is 3. The van der Waals surface area contributed by atoms with E-state index in [4.69, 9.17) is 10.5 Å². The maximum absolute atomic E-state index is 13.6. The summed E-state index contributed by atoms with van der Waals surface area (Å²) in [7, 11) is 3.45. The van der Waals surface area contributed by atoms with Gasteiger partial charge in [-0.05, 0) is 73.4 Å². The van der Waals surface area contributed by atoms with Crippen LogP contribution in [-0.4, -0.2) is 87.4 Å². The first-order chi connectivity index (χ1) is 20.2. The van der Waals surface area contributed by atoms with Crippen LogP contribution in [0.4, 0.5) is 4.39 Å². The number of hydrogen-bond acceptors (Lipinski definition) is 7. The molecule has 2 aliphatic heterocycles. The number of halogens is 1. The Morgan fingerprint density at radius 3 is 2.57 bits per heavy atom. The summed E-state index contributed by atoms with van der Waals surface area (Å²) in [4.78, 5) is 42.8. The van der Waals surface area contributed by atoms with Crippen molar-refractivity contribution in [3.05, 3.63) is 53.6 Å². The molecular weight excluding hydrogens is 539 g/mol. The van der Waals surface area contributed by atoms with Crippen molar-refractivity contribution in [3.63, 3.8) is 0 Å². The highest BCUT2D eigenvalue weighted by molar-refractivity contribution is 5.92. The average molecular weight is 579 g/mol. The van der Waals surface area contributed by atoms with Gasteiger partial charge in [-0.2, -0.15) is 0 Å². The lowest BCUT2D eigenvalue weighted by Gasteiger charge is -2.27. The first-order valence-electron chi connectivity index (χ1n) is 14.6. The van der Waals surface area contributed by atoms with Gasteiger partial charge in [0.25, 0.3) is 0 Å². The van der Waals surface area contributed by atoms with Crippen LogP contribution in [0.5, 0.6) is 5.75 Å². The van der Waals surface area contributed by atoms with Crippen LogP contribution in [0.1, 0.15) is 43.2 Å². The van der Waals surface area contributed by atoms with Gasteiger partial charge in [0.05, 0.1) is 31.3 Å². The first kappa shape index (κ1) is 29.6. The Morgan fingerprint density at radius 2 is 1.86 bits per heavy atom. The van der Waals surface area contributed by atoms with Crippen molar-refractivity contribution >= 4 is 28.6 Å². The molecule has 2 fully saturated rings. The second kappa shape index (κ2) is 13.0. The lowest BCUT2D eigenvalue weighted by atomic mass is 9.94. The minimum absolute atomic E-state index is 0.00541. The number of benzene rings is 2.